The van der Waals surface area contributed by atoms with Gasteiger partial charge in [0, 0.05) is 51.1 Å². The van der Waals surface area contributed by atoms with Crippen molar-refractivity contribution < 1.29 is 4.79 Å². The van der Waals surface area contributed by atoms with E-state index in [1.165, 1.54) is 6.42 Å². The van der Waals surface area contributed by atoms with Crippen molar-refractivity contribution >= 4 is 5.78 Å². The second-order valence-electron chi connectivity index (χ2n) is 4.68. The van der Waals surface area contributed by atoms with E-state index in [1.807, 2.05) is 30.1 Å². The minimum atomic E-state index is 0.253. The lowest BCUT2D eigenvalue weighted by Gasteiger charge is -2.18. The first-order valence-electron chi connectivity index (χ1n) is 6.34. The third-order valence-corrected chi connectivity index (χ3v) is 3.24. The minimum absolute atomic E-state index is 0.253. The quantitative estimate of drug-likeness (QED) is 0.788. The molecule has 1 aromatic heterocycles. The summed E-state index contributed by atoms with van der Waals surface area (Å²) in [5, 5.41) is 3.37. The predicted molar refractivity (Wildman–Crippen MR) is 68.3 cm³/mol. The number of aryl methyl sites for hydroxylation is 1. The molecule has 94 valence electrons. The average Bonchev–Trinajstić information content (AvgIpc) is 2.61. The third-order valence-electron chi connectivity index (χ3n) is 3.24. The smallest absolute Gasteiger partial charge is 0.165 e. The van der Waals surface area contributed by atoms with E-state index >= 15 is 0 Å². The Balaban J connectivity index is 1.79. The summed E-state index contributed by atoms with van der Waals surface area (Å²) < 4.78 is 1.92. The van der Waals surface area contributed by atoms with Crippen LogP contribution in [0, 0.1) is 0 Å². The van der Waals surface area contributed by atoms with E-state index in [4.69, 9.17) is 0 Å². The summed E-state index contributed by atoms with van der Waals surface area (Å²) in [6.07, 6.45) is 5.62. The molecule has 1 fully saturated rings. The lowest BCUT2D eigenvalue weighted by atomic mass is 10.1. The Bertz CT molecular complexity index is 364. The number of rotatable bonds is 4. The van der Waals surface area contributed by atoms with E-state index in [0.717, 1.165) is 38.3 Å². The molecular weight excluding hydrogens is 214 g/mol. The van der Waals surface area contributed by atoms with E-state index in [9.17, 15) is 4.79 Å². The monoisotopic (exact) mass is 235 g/mol. The average molecular weight is 235 g/mol. The third kappa shape index (κ3) is 3.68. The van der Waals surface area contributed by atoms with Crippen LogP contribution in [0.25, 0.3) is 0 Å². The van der Waals surface area contributed by atoms with Crippen LogP contribution in [0.5, 0.6) is 0 Å². The van der Waals surface area contributed by atoms with Crippen LogP contribution in [-0.4, -0.2) is 48.0 Å². The Kier molecular flexibility index (Phi) is 4.34. The Morgan fingerprint density at radius 3 is 3.06 bits per heavy atom. The fourth-order valence-electron chi connectivity index (χ4n) is 2.20. The molecule has 1 aliphatic heterocycles. The highest BCUT2D eigenvalue weighted by atomic mass is 16.1. The molecule has 2 rings (SSSR count). The molecule has 1 N–H and O–H groups in total. The van der Waals surface area contributed by atoms with Gasteiger partial charge in [-0.05, 0) is 25.6 Å². The molecule has 17 heavy (non-hydrogen) atoms. The first-order valence-corrected chi connectivity index (χ1v) is 6.34. The van der Waals surface area contributed by atoms with E-state index in [2.05, 4.69) is 10.2 Å². The molecule has 0 saturated carbocycles. The number of hydrogen-bond acceptors (Lipinski definition) is 3. The molecule has 0 aromatic carbocycles. The number of carbonyl (C=O) groups is 1. The number of nitrogens with zero attached hydrogens (tertiary/aromatic N) is 2. The number of ketones is 1. The van der Waals surface area contributed by atoms with Crippen LogP contribution in [-0.2, 0) is 7.05 Å². The Hall–Kier alpha value is -1.13. The lowest BCUT2D eigenvalue weighted by Crippen LogP contribution is -2.30. The predicted octanol–water partition coefficient (Wildman–Crippen LogP) is 0.893. The highest BCUT2D eigenvalue weighted by Gasteiger charge is 2.12. The van der Waals surface area contributed by atoms with Crippen molar-refractivity contribution in [2.75, 3.05) is 32.7 Å². The van der Waals surface area contributed by atoms with Gasteiger partial charge in [0.25, 0.3) is 0 Å². The standard InChI is InChI=1S/C13H21N3O/c1-15-8-3-12(11-15)13(17)4-9-16-7-2-5-14-6-10-16/h3,8,11,14H,2,4-7,9-10H2,1H3. The maximum Gasteiger partial charge on any atom is 0.165 e. The maximum absolute atomic E-state index is 11.9. The van der Waals surface area contributed by atoms with Crippen LogP contribution in [0.3, 0.4) is 0 Å². The molecule has 0 atom stereocenters. The molecule has 0 spiro atoms. The van der Waals surface area contributed by atoms with Gasteiger partial charge in [0.2, 0.25) is 0 Å². The zero-order valence-electron chi connectivity index (χ0n) is 10.5. The van der Waals surface area contributed by atoms with Crippen LogP contribution in [0.1, 0.15) is 23.2 Å². The number of nitrogens with one attached hydrogen (secondary N) is 1. The van der Waals surface area contributed by atoms with Crippen molar-refractivity contribution in [1.29, 1.82) is 0 Å². The molecule has 2 heterocycles. The molecule has 4 nitrogen and oxygen atoms in total. The number of carbonyl (C=O) groups excluding carboxylic acids is 1. The molecule has 0 bridgehead atoms. The minimum Gasteiger partial charge on any atom is -0.357 e. The van der Waals surface area contributed by atoms with Gasteiger partial charge in [-0.15, -0.1) is 0 Å². The van der Waals surface area contributed by atoms with Crippen LogP contribution >= 0.6 is 0 Å². The zero-order valence-corrected chi connectivity index (χ0v) is 10.5. The van der Waals surface area contributed by atoms with Gasteiger partial charge in [-0.25, -0.2) is 0 Å². The molecule has 0 amide bonds. The molecule has 1 aliphatic rings. The van der Waals surface area contributed by atoms with E-state index in [1.54, 1.807) is 0 Å². The molecule has 1 saturated heterocycles. The van der Waals surface area contributed by atoms with Gasteiger partial charge in [-0.1, -0.05) is 0 Å². The second kappa shape index (κ2) is 5.98. The summed E-state index contributed by atoms with van der Waals surface area (Å²) in [4.78, 5) is 14.3. The van der Waals surface area contributed by atoms with Crippen LogP contribution in [0.2, 0.25) is 0 Å². The largest absolute Gasteiger partial charge is 0.357 e. The molecule has 0 unspecified atom stereocenters. The second-order valence-corrected chi connectivity index (χ2v) is 4.68. The zero-order chi connectivity index (χ0) is 12.1. The Morgan fingerprint density at radius 1 is 1.41 bits per heavy atom. The Labute approximate surface area is 103 Å². The van der Waals surface area contributed by atoms with Crippen molar-refractivity contribution in [2.24, 2.45) is 7.05 Å². The first-order chi connectivity index (χ1) is 8.25. The summed E-state index contributed by atoms with van der Waals surface area (Å²) >= 11 is 0. The van der Waals surface area contributed by atoms with Gasteiger partial charge in [-0.3, -0.25) is 4.79 Å². The number of Topliss-reactive ketones (excluding diaryl/α,β-unsaturated/α-hetero) is 1. The summed E-state index contributed by atoms with van der Waals surface area (Å²) in [7, 11) is 1.94. The summed E-state index contributed by atoms with van der Waals surface area (Å²) in [5.74, 6) is 0.253. The van der Waals surface area contributed by atoms with Crippen molar-refractivity contribution in [3.05, 3.63) is 24.0 Å². The maximum atomic E-state index is 11.9. The Morgan fingerprint density at radius 2 is 2.29 bits per heavy atom. The van der Waals surface area contributed by atoms with Crippen molar-refractivity contribution in [2.45, 2.75) is 12.8 Å². The summed E-state index contributed by atoms with van der Waals surface area (Å²) in [6, 6.07) is 1.90. The molecule has 0 radical (unpaired) electrons. The molecular formula is C13H21N3O. The summed E-state index contributed by atoms with van der Waals surface area (Å²) in [5.41, 5.74) is 0.834. The highest BCUT2D eigenvalue weighted by Crippen LogP contribution is 2.05. The highest BCUT2D eigenvalue weighted by molar-refractivity contribution is 5.96. The fraction of sp³-hybridized carbons (Fsp3) is 0.615. The topological polar surface area (TPSA) is 37.3 Å². The molecule has 1 aromatic rings. The fourth-order valence-corrected chi connectivity index (χ4v) is 2.20. The van der Waals surface area contributed by atoms with Crippen LogP contribution < -0.4 is 5.32 Å². The van der Waals surface area contributed by atoms with Crippen molar-refractivity contribution in [3.63, 3.8) is 0 Å². The van der Waals surface area contributed by atoms with Gasteiger partial charge >= 0.3 is 0 Å². The molecule has 4 heteroatoms. The molecule has 0 aliphatic carbocycles. The van der Waals surface area contributed by atoms with E-state index < -0.39 is 0 Å². The van der Waals surface area contributed by atoms with E-state index in [0.29, 0.717) is 6.42 Å². The van der Waals surface area contributed by atoms with Crippen molar-refractivity contribution in [3.8, 4) is 0 Å². The SMILES string of the molecule is Cn1ccc(C(=O)CCN2CCCNCC2)c1. The van der Waals surface area contributed by atoms with Gasteiger partial charge in [0.1, 0.15) is 0 Å². The van der Waals surface area contributed by atoms with Gasteiger partial charge in [-0.2, -0.15) is 0 Å². The number of aromatic nitrogens is 1. The summed E-state index contributed by atoms with van der Waals surface area (Å²) in [6.45, 7) is 5.19. The lowest BCUT2D eigenvalue weighted by molar-refractivity contribution is 0.0965. The number of hydrogen-bond donors (Lipinski definition) is 1. The van der Waals surface area contributed by atoms with E-state index in [-0.39, 0.29) is 5.78 Å². The van der Waals surface area contributed by atoms with Crippen molar-refractivity contribution in [1.82, 2.24) is 14.8 Å². The van der Waals surface area contributed by atoms with Crippen LogP contribution in [0.15, 0.2) is 18.5 Å². The first kappa shape index (κ1) is 12.3. The van der Waals surface area contributed by atoms with Gasteiger partial charge < -0.3 is 14.8 Å². The van der Waals surface area contributed by atoms with Gasteiger partial charge in [0.15, 0.2) is 5.78 Å². The van der Waals surface area contributed by atoms with Crippen LogP contribution in [0.4, 0.5) is 0 Å². The van der Waals surface area contributed by atoms with Gasteiger partial charge in [0.05, 0.1) is 0 Å². The normalized spacial score (nSPS) is 17.9.